The van der Waals surface area contributed by atoms with E-state index in [0.717, 1.165) is 72.8 Å². The molecule has 9 aromatic rings. The Kier molecular flexibility index (Phi) is 8.20. The van der Waals surface area contributed by atoms with Crippen LogP contribution < -0.4 is 9.80 Å². The van der Waals surface area contributed by atoms with Gasteiger partial charge in [-0.25, -0.2) is 0 Å². The Balaban J connectivity index is 1.03. The van der Waals surface area contributed by atoms with E-state index in [-0.39, 0.29) is 0 Å². The van der Waals surface area contributed by atoms with Crippen LogP contribution >= 0.6 is 0 Å². The second-order valence-corrected chi connectivity index (χ2v) is 13.0. The average Bonchev–Trinajstić information content (AvgIpc) is 3.61. The van der Waals surface area contributed by atoms with Crippen LogP contribution in [0.25, 0.3) is 44.2 Å². The Morgan fingerprint density at radius 2 is 0.736 bits per heavy atom. The zero-order chi connectivity index (χ0) is 35.6. The Hall–Kier alpha value is -7.35. The molecular weight excluding hydrogens is 647 g/mol. The quantitative estimate of drug-likeness (QED) is 0.160. The lowest BCUT2D eigenvalue weighted by Gasteiger charge is -2.26. The summed E-state index contributed by atoms with van der Waals surface area (Å²) in [6, 6.07) is 71.4. The van der Waals surface area contributed by atoms with Crippen molar-refractivity contribution >= 4 is 56.1 Å². The number of fused-ring (bicyclic) bond motifs is 3. The third-order valence-electron chi connectivity index (χ3n) is 9.71. The van der Waals surface area contributed by atoms with Gasteiger partial charge in [-0.1, -0.05) is 103 Å². The first-order valence-electron chi connectivity index (χ1n) is 17.6. The van der Waals surface area contributed by atoms with Gasteiger partial charge in [0.2, 0.25) is 0 Å². The molecule has 0 aliphatic carbocycles. The molecule has 4 heteroatoms. The van der Waals surface area contributed by atoms with Crippen LogP contribution in [0.3, 0.4) is 0 Å². The van der Waals surface area contributed by atoms with Gasteiger partial charge in [0, 0.05) is 51.0 Å². The highest BCUT2D eigenvalue weighted by Gasteiger charge is 2.17. The molecule has 0 radical (unpaired) electrons. The van der Waals surface area contributed by atoms with Gasteiger partial charge in [0.25, 0.3) is 0 Å². The summed E-state index contributed by atoms with van der Waals surface area (Å²) in [5.74, 6) is 0. The third-order valence-corrected chi connectivity index (χ3v) is 9.71. The van der Waals surface area contributed by atoms with Crippen molar-refractivity contribution < 1.29 is 4.42 Å². The Labute approximate surface area is 308 Å². The lowest BCUT2D eigenvalue weighted by molar-refractivity contribution is 0.669. The van der Waals surface area contributed by atoms with Crippen molar-refractivity contribution in [3.05, 3.63) is 206 Å². The van der Waals surface area contributed by atoms with Gasteiger partial charge in [-0.05, 0) is 113 Å². The summed E-state index contributed by atoms with van der Waals surface area (Å²) in [6.45, 7) is 0. The molecule has 0 N–H and O–H groups in total. The van der Waals surface area contributed by atoms with Gasteiger partial charge in [-0.15, -0.1) is 0 Å². The number of rotatable bonds is 8. The molecule has 0 aliphatic heterocycles. The number of para-hydroxylation sites is 2. The molecular formula is C49H33N3O. The van der Waals surface area contributed by atoms with Crippen LogP contribution in [-0.4, -0.2) is 0 Å². The van der Waals surface area contributed by atoms with E-state index in [0.29, 0.717) is 5.56 Å². The molecule has 0 saturated heterocycles. The lowest BCUT2D eigenvalue weighted by atomic mass is 10.0. The van der Waals surface area contributed by atoms with E-state index in [4.69, 9.17) is 4.42 Å². The highest BCUT2D eigenvalue weighted by Crippen LogP contribution is 2.40. The summed E-state index contributed by atoms with van der Waals surface area (Å²) in [7, 11) is 0. The maximum absolute atomic E-state index is 9.44. The summed E-state index contributed by atoms with van der Waals surface area (Å²) >= 11 is 0. The number of nitriles is 1. The van der Waals surface area contributed by atoms with E-state index in [2.05, 4.69) is 161 Å². The lowest BCUT2D eigenvalue weighted by Crippen LogP contribution is -2.10. The van der Waals surface area contributed by atoms with Crippen LogP contribution in [0.4, 0.5) is 34.1 Å². The summed E-state index contributed by atoms with van der Waals surface area (Å²) in [4.78, 5) is 4.48. The summed E-state index contributed by atoms with van der Waals surface area (Å²) in [5.41, 5.74) is 13.2. The molecule has 0 spiro atoms. The predicted molar refractivity (Wildman–Crippen MR) is 219 cm³/mol. The SMILES string of the molecule is N#Cc1ccc(N(c2ccc(-c3ccccc3)cc2)c2ccc(-c3ccc(N(c4ccccc4)c4ccc5c(c4)oc4ccccc45)cc3)cc2)cc1. The van der Waals surface area contributed by atoms with Crippen molar-refractivity contribution in [2.45, 2.75) is 0 Å². The number of benzene rings is 8. The van der Waals surface area contributed by atoms with Gasteiger partial charge in [0.1, 0.15) is 11.2 Å². The molecule has 9 rings (SSSR count). The zero-order valence-electron chi connectivity index (χ0n) is 28.8. The van der Waals surface area contributed by atoms with Gasteiger partial charge in [0.05, 0.1) is 11.6 Å². The summed E-state index contributed by atoms with van der Waals surface area (Å²) < 4.78 is 6.27. The second kappa shape index (κ2) is 13.8. The van der Waals surface area contributed by atoms with Gasteiger partial charge < -0.3 is 14.2 Å². The van der Waals surface area contributed by atoms with Crippen LogP contribution in [0.1, 0.15) is 5.56 Å². The molecule has 8 aromatic carbocycles. The van der Waals surface area contributed by atoms with E-state index >= 15 is 0 Å². The van der Waals surface area contributed by atoms with E-state index in [9.17, 15) is 5.26 Å². The van der Waals surface area contributed by atoms with Crippen LogP contribution in [0.15, 0.2) is 205 Å². The third kappa shape index (κ3) is 6.18. The van der Waals surface area contributed by atoms with Crippen molar-refractivity contribution in [3.63, 3.8) is 0 Å². The van der Waals surface area contributed by atoms with Crippen molar-refractivity contribution in [3.8, 4) is 28.3 Å². The first-order valence-corrected chi connectivity index (χ1v) is 17.6. The Bertz CT molecular complexity index is 2690. The molecule has 4 nitrogen and oxygen atoms in total. The topological polar surface area (TPSA) is 43.4 Å². The molecule has 0 amide bonds. The summed E-state index contributed by atoms with van der Waals surface area (Å²) in [5, 5.41) is 11.7. The van der Waals surface area contributed by atoms with Crippen molar-refractivity contribution in [2.24, 2.45) is 0 Å². The van der Waals surface area contributed by atoms with Gasteiger partial charge >= 0.3 is 0 Å². The number of furan rings is 1. The minimum absolute atomic E-state index is 0.632. The minimum atomic E-state index is 0.632. The van der Waals surface area contributed by atoms with Gasteiger partial charge in [-0.2, -0.15) is 5.26 Å². The molecule has 0 unspecified atom stereocenters. The maximum Gasteiger partial charge on any atom is 0.137 e. The van der Waals surface area contributed by atoms with E-state index in [1.165, 1.54) is 5.56 Å². The molecule has 1 aromatic heterocycles. The standard InChI is InChI=1S/C49H33N3O/c50-34-35-15-23-41(24-16-35)51(42-25-17-37(18-26-42)36-9-3-1-4-10-36)43-27-19-38(20-28-43)39-21-29-44(30-22-39)52(40-11-5-2-6-12-40)45-31-32-47-46-13-7-8-14-48(46)53-49(47)33-45/h1-33H. The largest absolute Gasteiger partial charge is 0.456 e. The van der Waals surface area contributed by atoms with E-state index in [1.807, 2.05) is 54.6 Å². The van der Waals surface area contributed by atoms with Crippen molar-refractivity contribution in [1.29, 1.82) is 5.26 Å². The minimum Gasteiger partial charge on any atom is -0.456 e. The first-order chi connectivity index (χ1) is 26.2. The molecule has 0 aliphatic rings. The zero-order valence-corrected chi connectivity index (χ0v) is 28.8. The molecule has 1 heterocycles. The Morgan fingerprint density at radius 1 is 0.340 bits per heavy atom. The van der Waals surface area contributed by atoms with Crippen LogP contribution in [0.5, 0.6) is 0 Å². The molecule has 0 fully saturated rings. The molecule has 0 bridgehead atoms. The molecule has 53 heavy (non-hydrogen) atoms. The second-order valence-electron chi connectivity index (χ2n) is 13.0. The Morgan fingerprint density at radius 3 is 1.28 bits per heavy atom. The fourth-order valence-corrected chi connectivity index (χ4v) is 7.05. The fourth-order valence-electron chi connectivity index (χ4n) is 7.05. The van der Waals surface area contributed by atoms with Crippen LogP contribution in [0, 0.1) is 11.3 Å². The van der Waals surface area contributed by atoms with E-state index < -0.39 is 0 Å². The maximum atomic E-state index is 9.44. The van der Waals surface area contributed by atoms with Crippen LogP contribution in [0.2, 0.25) is 0 Å². The predicted octanol–water partition coefficient (Wildman–Crippen LogP) is 13.7. The molecule has 0 saturated carbocycles. The average molecular weight is 680 g/mol. The van der Waals surface area contributed by atoms with Crippen molar-refractivity contribution in [2.75, 3.05) is 9.80 Å². The monoisotopic (exact) mass is 679 g/mol. The number of nitrogens with zero attached hydrogens (tertiary/aromatic N) is 3. The smallest absolute Gasteiger partial charge is 0.137 e. The van der Waals surface area contributed by atoms with E-state index in [1.54, 1.807) is 0 Å². The number of hydrogen-bond acceptors (Lipinski definition) is 4. The highest BCUT2D eigenvalue weighted by atomic mass is 16.3. The van der Waals surface area contributed by atoms with Gasteiger partial charge in [0.15, 0.2) is 0 Å². The van der Waals surface area contributed by atoms with Crippen LogP contribution in [-0.2, 0) is 0 Å². The van der Waals surface area contributed by atoms with Crippen molar-refractivity contribution in [1.82, 2.24) is 0 Å². The number of hydrogen-bond donors (Lipinski definition) is 0. The summed E-state index contributed by atoms with van der Waals surface area (Å²) in [6.07, 6.45) is 0. The first kappa shape index (κ1) is 31.6. The molecule has 0 atom stereocenters. The van der Waals surface area contributed by atoms with Gasteiger partial charge in [-0.3, -0.25) is 0 Å². The highest BCUT2D eigenvalue weighted by molar-refractivity contribution is 6.06. The molecule has 250 valence electrons. The normalized spacial score (nSPS) is 11.0. The fraction of sp³-hybridized carbons (Fsp3) is 0. The number of anilines is 6.